The number of fused-ring (bicyclic) bond motifs is 6. The van der Waals surface area contributed by atoms with Gasteiger partial charge in [-0.1, -0.05) is 152 Å². The fourth-order valence-corrected chi connectivity index (χ4v) is 8.08. The molecule has 0 saturated heterocycles. The number of rotatable bonds is 9. The highest BCUT2D eigenvalue weighted by atomic mass is 15.1. The van der Waals surface area contributed by atoms with Gasteiger partial charge in [0.25, 0.3) is 0 Å². The molecule has 2 heterocycles. The molecule has 268 valence electrons. The highest BCUT2D eigenvalue weighted by molar-refractivity contribution is 6.19. The van der Waals surface area contributed by atoms with E-state index < -0.39 is 0 Å². The molecule has 3 N–H and O–H groups in total. The third kappa shape index (κ3) is 6.06. The number of nitrogens with one attached hydrogen (secondary N) is 1. The summed E-state index contributed by atoms with van der Waals surface area (Å²) in [7, 11) is 0. The van der Waals surface area contributed by atoms with Gasteiger partial charge in [-0.25, -0.2) is 0 Å². The first kappa shape index (κ1) is 33.5. The molecule has 5 nitrogen and oxygen atoms in total. The average molecular weight is 722 g/mol. The number of hydrogen-bond acceptors (Lipinski definition) is 3. The summed E-state index contributed by atoms with van der Waals surface area (Å²) >= 11 is 0. The predicted molar refractivity (Wildman–Crippen MR) is 234 cm³/mol. The Labute approximate surface area is 325 Å². The fraction of sp³-hybridized carbons (Fsp3) is 0.0392. The van der Waals surface area contributed by atoms with Crippen LogP contribution in [0, 0.1) is 0 Å². The highest BCUT2D eigenvalue weighted by Gasteiger charge is 2.19. The summed E-state index contributed by atoms with van der Waals surface area (Å²) in [4.78, 5) is 4.96. The van der Waals surface area contributed by atoms with Crippen molar-refractivity contribution in [2.45, 2.75) is 12.3 Å². The van der Waals surface area contributed by atoms with Crippen molar-refractivity contribution < 1.29 is 0 Å². The third-order valence-corrected chi connectivity index (χ3v) is 10.8. The average Bonchev–Trinajstić information content (AvgIpc) is 3.77. The molecule has 0 spiro atoms. The van der Waals surface area contributed by atoms with Crippen LogP contribution < -0.4 is 11.1 Å². The monoisotopic (exact) mass is 721 g/mol. The molecule has 0 fully saturated rings. The van der Waals surface area contributed by atoms with Crippen LogP contribution in [0.4, 0.5) is 0 Å². The molecule has 2 aromatic heterocycles. The Morgan fingerprint density at radius 3 is 1.46 bits per heavy atom. The second-order valence-corrected chi connectivity index (χ2v) is 14.2. The van der Waals surface area contributed by atoms with Gasteiger partial charge in [0.2, 0.25) is 0 Å². The van der Waals surface area contributed by atoms with Gasteiger partial charge in [0.05, 0.1) is 28.2 Å². The predicted octanol–water partition coefficient (Wildman–Crippen LogP) is 11.9. The Kier molecular flexibility index (Phi) is 8.56. The summed E-state index contributed by atoms with van der Waals surface area (Å²) < 4.78 is 4.79. The minimum Gasteiger partial charge on any atom is -0.312 e. The van der Waals surface area contributed by atoms with Crippen LogP contribution in [-0.2, 0) is 0 Å². The number of benzene rings is 8. The summed E-state index contributed by atoms with van der Waals surface area (Å²) in [6.45, 7) is 0. The molecule has 2 atom stereocenters. The van der Waals surface area contributed by atoms with Crippen LogP contribution >= 0.6 is 0 Å². The largest absolute Gasteiger partial charge is 0.312 e. The van der Waals surface area contributed by atoms with Crippen LogP contribution in [0.2, 0.25) is 0 Å². The van der Waals surface area contributed by atoms with Gasteiger partial charge in [0.1, 0.15) is 6.17 Å². The first-order chi connectivity index (χ1) is 27.7. The van der Waals surface area contributed by atoms with Crippen molar-refractivity contribution in [3.8, 4) is 22.5 Å². The van der Waals surface area contributed by atoms with Crippen molar-refractivity contribution in [2.75, 3.05) is 0 Å². The van der Waals surface area contributed by atoms with Crippen molar-refractivity contribution in [1.29, 1.82) is 0 Å². The van der Waals surface area contributed by atoms with Crippen molar-refractivity contribution in [2.24, 2.45) is 10.7 Å². The first-order valence-electron chi connectivity index (χ1n) is 19.1. The molecule has 0 radical (unpaired) electrons. The zero-order valence-electron chi connectivity index (χ0n) is 30.7. The molecule has 2 unspecified atom stereocenters. The molecule has 8 aromatic carbocycles. The smallest absolute Gasteiger partial charge is 0.127 e. The summed E-state index contributed by atoms with van der Waals surface area (Å²) in [5.74, 6) is 0. The van der Waals surface area contributed by atoms with Gasteiger partial charge in [-0.3, -0.25) is 10.3 Å². The van der Waals surface area contributed by atoms with E-state index in [0.29, 0.717) is 0 Å². The lowest BCUT2D eigenvalue weighted by molar-refractivity contribution is 0.467. The van der Waals surface area contributed by atoms with Crippen molar-refractivity contribution in [3.05, 3.63) is 217 Å². The van der Waals surface area contributed by atoms with E-state index in [9.17, 15) is 0 Å². The Balaban J connectivity index is 0.980. The maximum absolute atomic E-state index is 6.56. The molecule has 0 aliphatic rings. The van der Waals surface area contributed by atoms with E-state index in [4.69, 9.17) is 10.7 Å². The molecule has 56 heavy (non-hydrogen) atoms. The maximum atomic E-state index is 6.56. The van der Waals surface area contributed by atoms with E-state index in [2.05, 4.69) is 166 Å². The molecule has 10 aromatic rings. The normalized spacial score (nSPS) is 12.9. The number of hydrogen-bond donors (Lipinski definition) is 2. The van der Waals surface area contributed by atoms with Crippen LogP contribution in [0.1, 0.15) is 29.0 Å². The number of nitrogens with zero attached hydrogens (tertiary/aromatic N) is 3. The zero-order chi connectivity index (χ0) is 37.4. The Morgan fingerprint density at radius 1 is 0.429 bits per heavy atom. The van der Waals surface area contributed by atoms with Gasteiger partial charge in [-0.2, -0.15) is 0 Å². The second-order valence-electron chi connectivity index (χ2n) is 14.2. The lowest BCUT2D eigenvalue weighted by Gasteiger charge is -2.21. The number of para-hydroxylation sites is 3. The Morgan fingerprint density at radius 2 is 0.893 bits per heavy atom. The maximum Gasteiger partial charge on any atom is 0.127 e. The highest BCUT2D eigenvalue weighted by Crippen LogP contribution is 2.39. The minimum atomic E-state index is -0.353. The lowest BCUT2D eigenvalue weighted by atomic mass is 10.0. The number of aromatic nitrogens is 2. The van der Waals surface area contributed by atoms with Crippen LogP contribution in [0.3, 0.4) is 0 Å². The molecule has 0 bridgehead atoms. The van der Waals surface area contributed by atoms with Gasteiger partial charge < -0.3 is 14.9 Å². The zero-order valence-corrected chi connectivity index (χ0v) is 30.7. The van der Waals surface area contributed by atoms with Crippen LogP contribution in [0.25, 0.3) is 66.1 Å². The quantitative estimate of drug-likeness (QED) is 0.115. The van der Waals surface area contributed by atoms with Gasteiger partial charge in [-0.05, 0) is 76.3 Å². The molecule has 0 aliphatic carbocycles. The fourth-order valence-electron chi connectivity index (χ4n) is 8.08. The summed E-state index contributed by atoms with van der Waals surface area (Å²) in [5.41, 5.74) is 19.0. The van der Waals surface area contributed by atoms with Crippen molar-refractivity contribution >= 4 is 49.8 Å². The molecule has 0 amide bonds. The second kappa shape index (κ2) is 14.3. The topological polar surface area (TPSA) is 60.3 Å². The first-order valence-corrected chi connectivity index (χ1v) is 19.1. The number of aliphatic imine (C=N–C) groups is 1. The molecule has 10 rings (SSSR count). The SMILES string of the molecule is NC(NC(/N=C/c1ccc(-c2ccc(-n3c4ccccc4c4cc5c6ccccc6n(-c6ccccc6)c5cc43)cc2)cc1)c1ccccc1)c1ccccc1. The van der Waals surface area contributed by atoms with E-state index >= 15 is 0 Å². The van der Waals surface area contributed by atoms with E-state index in [1.54, 1.807) is 0 Å². The van der Waals surface area contributed by atoms with Crippen LogP contribution in [0.15, 0.2) is 205 Å². The minimum absolute atomic E-state index is 0.294. The van der Waals surface area contributed by atoms with E-state index in [0.717, 1.165) is 39.2 Å². The summed E-state index contributed by atoms with van der Waals surface area (Å²) in [6, 6.07) is 70.6. The lowest BCUT2D eigenvalue weighted by Crippen LogP contribution is -2.31. The van der Waals surface area contributed by atoms with Crippen LogP contribution in [0.5, 0.6) is 0 Å². The molecular formula is C51H39N5. The van der Waals surface area contributed by atoms with Gasteiger partial charge in [-0.15, -0.1) is 0 Å². The van der Waals surface area contributed by atoms with E-state index in [-0.39, 0.29) is 12.3 Å². The molecule has 0 saturated carbocycles. The van der Waals surface area contributed by atoms with E-state index in [1.807, 2.05) is 54.7 Å². The van der Waals surface area contributed by atoms with Crippen molar-refractivity contribution in [1.82, 2.24) is 14.5 Å². The third-order valence-electron chi connectivity index (χ3n) is 10.8. The summed E-state index contributed by atoms with van der Waals surface area (Å²) in [5, 5.41) is 8.50. The standard InChI is InChI=1S/C51H39N5/c52-50(38-14-4-1-5-15-38)54-51(39-16-6-2-7-17-39)53-34-35-24-26-36(27-25-35)37-28-30-41(31-29-37)56-47-23-13-11-21-43(47)45-32-44-42-20-10-12-22-46(42)55(48(44)33-49(45)56)40-18-8-3-9-19-40/h1-34,50-51,54H,52H2/b53-34+. The Bertz CT molecular complexity index is 2980. The van der Waals surface area contributed by atoms with E-state index in [1.165, 1.54) is 43.6 Å². The number of nitrogens with two attached hydrogens (primary N) is 1. The van der Waals surface area contributed by atoms with Gasteiger partial charge >= 0.3 is 0 Å². The Hall–Kier alpha value is -7.05. The summed E-state index contributed by atoms with van der Waals surface area (Å²) in [6.07, 6.45) is 1.27. The molecular weight excluding hydrogens is 683 g/mol. The molecule has 0 aliphatic heterocycles. The van der Waals surface area contributed by atoms with Crippen LogP contribution in [-0.4, -0.2) is 15.3 Å². The van der Waals surface area contributed by atoms with Gasteiger partial charge in [0, 0.05) is 39.1 Å². The molecule has 5 heteroatoms. The van der Waals surface area contributed by atoms with Gasteiger partial charge in [0.15, 0.2) is 0 Å². The van der Waals surface area contributed by atoms with Crippen molar-refractivity contribution in [3.63, 3.8) is 0 Å².